The Labute approximate surface area is 152 Å². The largest absolute Gasteiger partial charge is 0.393 e. The first-order valence-electron chi connectivity index (χ1n) is 10.6. The van der Waals surface area contributed by atoms with E-state index in [1.165, 1.54) is 32.1 Å². The molecule has 7 unspecified atom stereocenters. The minimum atomic E-state index is -0.0950. The molecule has 2 fully saturated rings. The van der Waals surface area contributed by atoms with Gasteiger partial charge in [-0.2, -0.15) is 0 Å². The molecular formula is C23H44O. The molecule has 0 aromatic rings. The maximum absolute atomic E-state index is 10.6. The van der Waals surface area contributed by atoms with Crippen LogP contribution in [0, 0.1) is 46.3 Å². The predicted octanol–water partition coefficient (Wildman–Crippen LogP) is 6.54. The Hall–Kier alpha value is -0.0400. The van der Waals surface area contributed by atoms with Crippen molar-refractivity contribution in [2.24, 2.45) is 46.3 Å². The van der Waals surface area contributed by atoms with E-state index < -0.39 is 0 Å². The van der Waals surface area contributed by atoms with Crippen molar-refractivity contribution in [2.75, 3.05) is 0 Å². The van der Waals surface area contributed by atoms with Gasteiger partial charge in [-0.05, 0) is 78.4 Å². The highest BCUT2D eigenvalue weighted by molar-refractivity contribution is 4.92. The lowest BCUT2D eigenvalue weighted by atomic mass is 9.59. The van der Waals surface area contributed by atoms with Crippen molar-refractivity contribution < 1.29 is 5.11 Å². The quantitative estimate of drug-likeness (QED) is 0.606. The fourth-order valence-corrected chi connectivity index (χ4v) is 5.63. The second kappa shape index (κ2) is 7.29. The SMILES string of the molecule is CC1CCC(C(C)(C)C)CC1CC1CC(C(C)(C)C)C(O)CC1C. The summed E-state index contributed by atoms with van der Waals surface area (Å²) in [4.78, 5) is 0. The van der Waals surface area contributed by atoms with Gasteiger partial charge in [-0.25, -0.2) is 0 Å². The molecule has 1 nitrogen and oxygen atoms in total. The first-order valence-corrected chi connectivity index (χ1v) is 10.6. The second-order valence-corrected chi connectivity index (χ2v) is 11.6. The van der Waals surface area contributed by atoms with E-state index in [1.54, 1.807) is 0 Å². The van der Waals surface area contributed by atoms with E-state index in [9.17, 15) is 5.11 Å². The van der Waals surface area contributed by atoms with Crippen molar-refractivity contribution in [1.29, 1.82) is 0 Å². The molecule has 0 aromatic heterocycles. The Morgan fingerprint density at radius 1 is 0.750 bits per heavy atom. The van der Waals surface area contributed by atoms with Gasteiger partial charge in [0.25, 0.3) is 0 Å². The van der Waals surface area contributed by atoms with E-state index >= 15 is 0 Å². The molecule has 1 heteroatoms. The molecule has 0 saturated heterocycles. The molecule has 7 atom stereocenters. The molecule has 24 heavy (non-hydrogen) atoms. The van der Waals surface area contributed by atoms with Gasteiger partial charge < -0.3 is 5.11 Å². The van der Waals surface area contributed by atoms with Gasteiger partial charge >= 0.3 is 0 Å². The minimum absolute atomic E-state index is 0.0950. The maximum Gasteiger partial charge on any atom is 0.0576 e. The summed E-state index contributed by atoms with van der Waals surface area (Å²) in [5.74, 6) is 4.63. The van der Waals surface area contributed by atoms with Crippen molar-refractivity contribution in [3.05, 3.63) is 0 Å². The van der Waals surface area contributed by atoms with Crippen LogP contribution in [0.25, 0.3) is 0 Å². The summed E-state index contributed by atoms with van der Waals surface area (Å²) in [7, 11) is 0. The summed E-state index contributed by atoms with van der Waals surface area (Å²) in [5.41, 5.74) is 0.685. The van der Waals surface area contributed by atoms with Crippen molar-refractivity contribution >= 4 is 0 Å². The molecule has 2 aliphatic carbocycles. The van der Waals surface area contributed by atoms with Crippen molar-refractivity contribution in [3.8, 4) is 0 Å². The molecule has 2 rings (SSSR count). The van der Waals surface area contributed by atoms with Crippen LogP contribution in [-0.4, -0.2) is 11.2 Å². The number of aliphatic hydroxyl groups is 1. The summed E-state index contributed by atoms with van der Waals surface area (Å²) in [6.07, 6.45) is 7.81. The van der Waals surface area contributed by atoms with E-state index in [4.69, 9.17) is 0 Å². The number of rotatable bonds is 2. The van der Waals surface area contributed by atoms with Gasteiger partial charge in [-0.3, -0.25) is 0 Å². The summed E-state index contributed by atoms with van der Waals surface area (Å²) >= 11 is 0. The zero-order valence-corrected chi connectivity index (χ0v) is 17.7. The number of aliphatic hydroxyl groups excluding tert-OH is 1. The van der Waals surface area contributed by atoms with Crippen molar-refractivity contribution in [3.63, 3.8) is 0 Å². The Balaban J connectivity index is 2.04. The summed E-state index contributed by atoms with van der Waals surface area (Å²) < 4.78 is 0. The molecule has 0 aliphatic heterocycles. The predicted molar refractivity (Wildman–Crippen MR) is 105 cm³/mol. The van der Waals surface area contributed by atoms with Crippen LogP contribution < -0.4 is 0 Å². The average molecular weight is 337 g/mol. The third-order valence-electron chi connectivity index (χ3n) is 7.74. The maximum atomic E-state index is 10.6. The highest BCUT2D eigenvalue weighted by Gasteiger charge is 2.42. The average Bonchev–Trinajstić information content (AvgIpc) is 2.41. The Bertz CT molecular complexity index is 399. The molecule has 0 aromatic carbocycles. The zero-order chi connectivity index (χ0) is 18.3. The van der Waals surface area contributed by atoms with Crippen LogP contribution >= 0.6 is 0 Å². The molecular weight excluding hydrogens is 292 g/mol. The van der Waals surface area contributed by atoms with E-state index in [-0.39, 0.29) is 11.5 Å². The molecule has 0 radical (unpaired) electrons. The third-order valence-corrected chi connectivity index (χ3v) is 7.74. The standard InChI is InChI=1S/C23H44O/c1-15-9-10-19(22(3,4)5)13-17(15)12-18-14-20(23(6,7)8)21(24)11-16(18)2/h15-21,24H,9-14H2,1-8H3. The zero-order valence-electron chi connectivity index (χ0n) is 17.7. The molecule has 1 N–H and O–H groups in total. The first-order chi connectivity index (χ1) is 10.9. The van der Waals surface area contributed by atoms with Crippen LogP contribution in [0.4, 0.5) is 0 Å². The first kappa shape index (κ1) is 20.3. The van der Waals surface area contributed by atoms with E-state index in [0.29, 0.717) is 17.3 Å². The van der Waals surface area contributed by atoms with Crippen LogP contribution in [0.3, 0.4) is 0 Å². The van der Waals surface area contributed by atoms with E-state index in [0.717, 1.165) is 30.1 Å². The van der Waals surface area contributed by atoms with Gasteiger partial charge in [0.1, 0.15) is 0 Å². The van der Waals surface area contributed by atoms with E-state index in [1.807, 2.05) is 0 Å². The van der Waals surface area contributed by atoms with Crippen LogP contribution in [0.15, 0.2) is 0 Å². The minimum Gasteiger partial charge on any atom is -0.393 e. The van der Waals surface area contributed by atoms with Gasteiger partial charge in [0, 0.05) is 0 Å². The van der Waals surface area contributed by atoms with Gasteiger partial charge in [-0.15, -0.1) is 0 Å². The highest BCUT2D eigenvalue weighted by Crippen LogP contribution is 2.49. The lowest BCUT2D eigenvalue weighted by Crippen LogP contribution is -2.42. The van der Waals surface area contributed by atoms with E-state index in [2.05, 4.69) is 55.4 Å². The Morgan fingerprint density at radius 3 is 1.88 bits per heavy atom. The molecule has 2 aliphatic rings. The van der Waals surface area contributed by atoms with Crippen LogP contribution in [0.5, 0.6) is 0 Å². The lowest BCUT2D eigenvalue weighted by molar-refractivity contribution is -0.0396. The van der Waals surface area contributed by atoms with Crippen LogP contribution in [0.2, 0.25) is 0 Å². The molecule has 2 saturated carbocycles. The molecule has 0 heterocycles. The fraction of sp³-hybridized carbons (Fsp3) is 1.00. The van der Waals surface area contributed by atoms with Gasteiger partial charge in [0.15, 0.2) is 0 Å². The van der Waals surface area contributed by atoms with Gasteiger partial charge in [0.05, 0.1) is 6.10 Å². The summed E-state index contributed by atoms with van der Waals surface area (Å²) in [6, 6.07) is 0. The van der Waals surface area contributed by atoms with Crippen LogP contribution in [-0.2, 0) is 0 Å². The van der Waals surface area contributed by atoms with Crippen LogP contribution in [0.1, 0.15) is 93.9 Å². The third kappa shape index (κ3) is 4.77. The monoisotopic (exact) mass is 336 g/mol. The molecule has 0 amide bonds. The fourth-order valence-electron chi connectivity index (χ4n) is 5.63. The smallest absolute Gasteiger partial charge is 0.0576 e. The molecule has 0 spiro atoms. The normalized spacial score (nSPS) is 42.1. The lowest BCUT2D eigenvalue weighted by Gasteiger charge is -2.47. The summed E-state index contributed by atoms with van der Waals surface area (Å²) in [6.45, 7) is 19.1. The molecule has 0 bridgehead atoms. The topological polar surface area (TPSA) is 20.2 Å². The van der Waals surface area contributed by atoms with Gasteiger partial charge in [-0.1, -0.05) is 61.8 Å². The van der Waals surface area contributed by atoms with Crippen molar-refractivity contribution in [2.45, 2.75) is 100 Å². The highest BCUT2D eigenvalue weighted by atomic mass is 16.3. The number of hydrogen-bond acceptors (Lipinski definition) is 1. The Morgan fingerprint density at radius 2 is 1.33 bits per heavy atom. The van der Waals surface area contributed by atoms with Gasteiger partial charge in [0.2, 0.25) is 0 Å². The van der Waals surface area contributed by atoms with Crippen molar-refractivity contribution in [1.82, 2.24) is 0 Å². The molecule has 142 valence electrons. The second-order valence-electron chi connectivity index (χ2n) is 11.6. The Kier molecular flexibility index (Phi) is 6.16. The number of hydrogen-bond donors (Lipinski definition) is 1. The summed E-state index contributed by atoms with van der Waals surface area (Å²) in [5, 5.41) is 10.6.